The Hall–Kier alpha value is 0. The fourth-order valence-corrected chi connectivity index (χ4v) is 8.04. The standard InChI is InChI=1S/C11H12/c1-4-2-5-7-6-3-9(4)10(5)8(7)11(6,9)10/h4-8H,2-3H2,1H3. The molecule has 56 valence electrons. The molecule has 0 aromatic heterocycles. The van der Waals surface area contributed by atoms with Crippen molar-refractivity contribution in [3.8, 4) is 0 Å². The second kappa shape index (κ2) is 0.661. The quantitative estimate of drug-likeness (QED) is 0.487. The Balaban J connectivity index is 1.87. The minimum atomic E-state index is 1.02. The second-order valence-corrected chi connectivity index (χ2v) is 6.32. The summed E-state index contributed by atoms with van der Waals surface area (Å²) in [4.78, 5) is 0. The lowest BCUT2D eigenvalue weighted by Gasteiger charge is -2.67. The van der Waals surface area contributed by atoms with Gasteiger partial charge >= 0.3 is 0 Å². The van der Waals surface area contributed by atoms with Crippen LogP contribution >= 0.6 is 0 Å². The Morgan fingerprint density at radius 3 is 2.55 bits per heavy atom. The third-order valence-corrected chi connectivity index (χ3v) is 7.47. The van der Waals surface area contributed by atoms with Crippen molar-refractivity contribution in [3.63, 3.8) is 0 Å². The van der Waals surface area contributed by atoms with Gasteiger partial charge in [-0.05, 0) is 58.7 Å². The number of hydrogen-bond acceptors (Lipinski definition) is 0. The van der Waals surface area contributed by atoms with Crippen LogP contribution in [0.3, 0.4) is 0 Å². The molecule has 0 radical (unpaired) electrons. The van der Waals surface area contributed by atoms with E-state index in [4.69, 9.17) is 0 Å². The monoisotopic (exact) mass is 144 g/mol. The van der Waals surface area contributed by atoms with E-state index in [0.717, 1.165) is 22.2 Å². The molecule has 0 aromatic rings. The first kappa shape index (κ1) is 4.30. The molecule has 0 N–H and O–H groups in total. The summed E-state index contributed by atoms with van der Waals surface area (Å²) in [6.07, 6.45) is 3.32. The predicted molar refractivity (Wildman–Crippen MR) is 39.7 cm³/mol. The molecule has 8 unspecified atom stereocenters. The SMILES string of the molecule is CC1CC2C3C4CC15C21C3C451. The van der Waals surface area contributed by atoms with E-state index >= 15 is 0 Å². The van der Waals surface area contributed by atoms with E-state index in [0.29, 0.717) is 0 Å². The van der Waals surface area contributed by atoms with Crippen LogP contribution in [0.1, 0.15) is 19.8 Å². The van der Waals surface area contributed by atoms with E-state index in [-0.39, 0.29) is 0 Å². The fraction of sp³-hybridized carbons (Fsp3) is 1.00. The lowest BCUT2D eigenvalue weighted by Crippen LogP contribution is -2.63. The van der Waals surface area contributed by atoms with E-state index in [1.807, 2.05) is 0 Å². The van der Waals surface area contributed by atoms with Gasteiger partial charge < -0.3 is 0 Å². The molecule has 0 heteroatoms. The van der Waals surface area contributed by atoms with Crippen molar-refractivity contribution in [2.45, 2.75) is 19.8 Å². The molecule has 0 heterocycles. The van der Waals surface area contributed by atoms with Gasteiger partial charge in [-0.25, -0.2) is 0 Å². The molecule has 6 rings (SSSR count). The van der Waals surface area contributed by atoms with Crippen molar-refractivity contribution in [2.75, 3.05) is 0 Å². The van der Waals surface area contributed by atoms with Crippen molar-refractivity contribution in [3.05, 3.63) is 0 Å². The van der Waals surface area contributed by atoms with Gasteiger partial charge in [0.2, 0.25) is 0 Å². The van der Waals surface area contributed by atoms with Gasteiger partial charge in [0.15, 0.2) is 0 Å². The van der Waals surface area contributed by atoms with Crippen LogP contribution in [0.15, 0.2) is 0 Å². The molecule has 0 nitrogen and oxygen atoms in total. The Kier molecular flexibility index (Phi) is 0.258. The summed E-state index contributed by atoms with van der Waals surface area (Å²) in [5, 5.41) is 0. The molecule has 6 aliphatic rings. The minimum Gasteiger partial charge on any atom is -0.0619 e. The van der Waals surface area contributed by atoms with Gasteiger partial charge in [-0.2, -0.15) is 0 Å². The van der Waals surface area contributed by atoms with Crippen LogP contribution in [0, 0.1) is 45.8 Å². The van der Waals surface area contributed by atoms with Crippen molar-refractivity contribution in [1.82, 2.24) is 0 Å². The zero-order valence-electron chi connectivity index (χ0n) is 6.80. The Morgan fingerprint density at radius 1 is 1.18 bits per heavy atom. The Morgan fingerprint density at radius 2 is 2.00 bits per heavy atom. The molecule has 0 bridgehead atoms. The molecule has 0 aromatic carbocycles. The summed E-state index contributed by atoms with van der Waals surface area (Å²) < 4.78 is 0. The smallest absolute Gasteiger partial charge is 0.00965 e. The molecule has 0 saturated heterocycles. The fourth-order valence-electron chi connectivity index (χ4n) is 8.04. The van der Waals surface area contributed by atoms with E-state index < -0.39 is 0 Å². The van der Waals surface area contributed by atoms with Gasteiger partial charge in [0, 0.05) is 0 Å². The summed E-state index contributed by atoms with van der Waals surface area (Å²) in [6, 6.07) is 0. The highest BCUT2D eigenvalue weighted by Crippen LogP contribution is 3.29. The normalized spacial score (nSPS) is 106. The maximum Gasteiger partial charge on any atom is -0.00965 e. The van der Waals surface area contributed by atoms with Crippen LogP contribution in [0.2, 0.25) is 0 Å². The largest absolute Gasteiger partial charge is 0.0619 e. The lowest BCUT2D eigenvalue weighted by molar-refractivity contribution is -0.203. The van der Waals surface area contributed by atoms with Crippen LogP contribution < -0.4 is 0 Å². The number of fused-ring (bicyclic) bond motifs is 2. The van der Waals surface area contributed by atoms with Gasteiger partial charge in [0.1, 0.15) is 0 Å². The third kappa shape index (κ3) is 0.117. The van der Waals surface area contributed by atoms with E-state index in [9.17, 15) is 0 Å². The van der Waals surface area contributed by atoms with Crippen LogP contribution in [0.5, 0.6) is 0 Å². The van der Waals surface area contributed by atoms with E-state index in [2.05, 4.69) is 6.92 Å². The van der Waals surface area contributed by atoms with Crippen LogP contribution in [-0.4, -0.2) is 0 Å². The Labute approximate surface area is 66.4 Å². The van der Waals surface area contributed by atoms with Crippen molar-refractivity contribution < 1.29 is 0 Å². The van der Waals surface area contributed by atoms with Crippen molar-refractivity contribution >= 4 is 0 Å². The molecule has 0 aliphatic heterocycles. The van der Waals surface area contributed by atoms with Crippen molar-refractivity contribution in [2.24, 2.45) is 45.8 Å². The predicted octanol–water partition coefficient (Wildman–Crippen LogP) is 1.91. The van der Waals surface area contributed by atoms with Gasteiger partial charge in [-0.1, -0.05) is 6.92 Å². The first-order chi connectivity index (χ1) is 5.35. The topological polar surface area (TPSA) is 0 Å². The zero-order chi connectivity index (χ0) is 6.80. The average molecular weight is 144 g/mol. The van der Waals surface area contributed by atoms with E-state index in [1.54, 1.807) is 12.8 Å². The molecular formula is C11H12. The highest BCUT2D eigenvalue weighted by Gasteiger charge is 3.26. The molecule has 3 spiro atoms. The highest BCUT2D eigenvalue weighted by atomic mass is 15.3. The van der Waals surface area contributed by atoms with Crippen LogP contribution in [0.4, 0.5) is 0 Å². The minimum absolute atomic E-state index is 1.02. The molecule has 6 aliphatic carbocycles. The van der Waals surface area contributed by atoms with Gasteiger partial charge in [0.25, 0.3) is 0 Å². The van der Waals surface area contributed by atoms with Gasteiger partial charge in [-0.15, -0.1) is 0 Å². The average Bonchev–Trinajstić information content (AvgIpc) is 2.67. The Bertz CT molecular complexity index is 353. The molecule has 11 heavy (non-hydrogen) atoms. The van der Waals surface area contributed by atoms with Gasteiger partial charge in [-0.3, -0.25) is 0 Å². The van der Waals surface area contributed by atoms with Crippen LogP contribution in [-0.2, 0) is 0 Å². The maximum absolute atomic E-state index is 2.55. The molecular weight excluding hydrogens is 132 g/mol. The first-order valence-corrected chi connectivity index (χ1v) is 5.35. The summed E-state index contributed by atoms with van der Waals surface area (Å²) in [6.45, 7) is 2.55. The third-order valence-electron chi connectivity index (χ3n) is 7.47. The number of rotatable bonds is 0. The number of hydrogen-bond donors (Lipinski definition) is 0. The molecule has 6 fully saturated rings. The lowest BCUT2D eigenvalue weighted by atomic mass is 9.37. The van der Waals surface area contributed by atoms with E-state index in [1.165, 1.54) is 23.7 Å². The summed E-state index contributed by atoms with van der Waals surface area (Å²) in [5.74, 6) is 6.35. The summed E-state index contributed by atoms with van der Waals surface area (Å²) in [5.41, 5.74) is 3.19. The van der Waals surface area contributed by atoms with Gasteiger partial charge in [0.05, 0.1) is 0 Å². The molecule has 8 atom stereocenters. The maximum atomic E-state index is 2.55. The first-order valence-electron chi connectivity index (χ1n) is 5.35. The summed E-state index contributed by atoms with van der Waals surface area (Å²) >= 11 is 0. The second-order valence-electron chi connectivity index (χ2n) is 6.32. The summed E-state index contributed by atoms with van der Waals surface area (Å²) in [7, 11) is 0. The van der Waals surface area contributed by atoms with Crippen molar-refractivity contribution in [1.29, 1.82) is 0 Å². The zero-order valence-corrected chi connectivity index (χ0v) is 6.80. The van der Waals surface area contributed by atoms with Crippen LogP contribution in [0.25, 0.3) is 0 Å². The molecule has 6 saturated carbocycles. The molecule has 0 amide bonds. The highest BCUT2D eigenvalue weighted by molar-refractivity contribution is 5.72.